The van der Waals surface area contributed by atoms with Crippen molar-refractivity contribution in [3.05, 3.63) is 39.8 Å². The number of hydrogen-bond acceptors (Lipinski definition) is 16. The number of rotatable bonds is 48. The maximum Gasteiger partial charge on any atom is 0.315 e. The van der Waals surface area contributed by atoms with Gasteiger partial charge in [-0.25, -0.2) is 9.59 Å². The molecule has 4 saturated heterocycles. The van der Waals surface area contributed by atoms with Gasteiger partial charge in [0.15, 0.2) is 11.6 Å². The number of nitrogens with one attached hydrogen (secondary N) is 5. The Kier molecular flexibility index (Phi) is 32.4. The average Bonchev–Trinajstić information content (AvgIpc) is 4.27. The van der Waals surface area contributed by atoms with Crippen LogP contribution in [0.15, 0.2) is 23.3 Å². The SMILES string of the molecule is [N-]=[N+]=NCCC(=O)Nc1cc(C(=O)CCCCOCCOCCOCCCCC(=O)CCCCC2SCC3NC(=O)NC32)cc(C(=O)CCCCOCCOCCOCCCCC(=O)CCCCC2SCC3NC(=O)NC32)c1. The molecule has 4 aliphatic rings. The van der Waals surface area contributed by atoms with E-state index in [2.05, 4.69) is 36.6 Å². The van der Waals surface area contributed by atoms with Crippen molar-refractivity contribution in [2.24, 2.45) is 5.11 Å². The molecule has 1 aromatic rings. The zero-order valence-corrected chi connectivity index (χ0v) is 47.3. The van der Waals surface area contributed by atoms with Crippen molar-refractivity contribution in [2.45, 2.75) is 170 Å². The largest absolute Gasteiger partial charge is 0.379 e. The van der Waals surface area contributed by atoms with Crippen molar-refractivity contribution < 1.29 is 62.0 Å². The van der Waals surface area contributed by atoms with Gasteiger partial charge in [-0.15, -0.1) is 0 Å². The van der Waals surface area contributed by atoms with E-state index in [1.807, 2.05) is 23.5 Å². The standard InChI is InChI=1S/C55H86N8O13S2/c56-63-57-22-21-51(68)58-42-36-40(47(66)17-7-11-25-73-29-33-75-31-27-71-23-9-5-15-43(64)13-1-3-19-49-52-45(38-77-49)59-54(69)61-52)35-41(37-42)48(67)18-8-12-26-74-30-34-76-32-28-72-24-10-6-16-44(65)14-2-4-20-50-53-46(39-78-50)60-55(70)62-53/h35-37,45-46,49-50,52-53H,1-34,38-39H2,(H,58,68)(H2,59,61,69)(H2,60,62,70). The van der Waals surface area contributed by atoms with Crippen molar-refractivity contribution in [2.75, 3.05) is 103 Å². The van der Waals surface area contributed by atoms with Crippen LogP contribution in [0.25, 0.3) is 10.4 Å². The summed E-state index contributed by atoms with van der Waals surface area (Å²) in [5, 5.41) is 19.0. The lowest BCUT2D eigenvalue weighted by atomic mass is 9.98. The van der Waals surface area contributed by atoms with E-state index in [1.54, 1.807) is 18.2 Å². The summed E-state index contributed by atoms with van der Waals surface area (Å²) in [5.74, 6) is 1.78. The normalized spacial score (nSPS) is 20.1. The molecule has 0 bridgehead atoms. The van der Waals surface area contributed by atoms with Crippen molar-refractivity contribution in [1.82, 2.24) is 21.3 Å². The van der Waals surface area contributed by atoms with Gasteiger partial charge in [0.25, 0.3) is 0 Å². The lowest BCUT2D eigenvalue weighted by molar-refractivity contribution is -0.120. The third-order valence-corrected chi connectivity index (χ3v) is 17.0. The third kappa shape index (κ3) is 26.3. The molecule has 1 aromatic carbocycles. The Bertz CT molecular complexity index is 1950. The van der Waals surface area contributed by atoms with Crippen molar-refractivity contribution in [1.29, 1.82) is 0 Å². The smallest absolute Gasteiger partial charge is 0.315 e. The van der Waals surface area contributed by atoms with Crippen LogP contribution in [0.3, 0.4) is 0 Å². The maximum absolute atomic E-state index is 13.3. The van der Waals surface area contributed by atoms with Gasteiger partial charge in [-0.2, -0.15) is 23.5 Å². The van der Waals surface area contributed by atoms with E-state index in [4.69, 9.17) is 34.0 Å². The second-order valence-corrected chi connectivity index (χ2v) is 22.8. The van der Waals surface area contributed by atoms with E-state index in [0.717, 1.165) is 75.7 Å². The van der Waals surface area contributed by atoms with Gasteiger partial charge in [0, 0.05) is 122 Å². The molecule has 6 atom stereocenters. The number of ketones is 4. The number of carbonyl (C=O) groups is 7. The van der Waals surface area contributed by atoms with Crippen molar-refractivity contribution >= 4 is 70.3 Å². The average molecular weight is 1130 g/mol. The van der Waals surface area contributed by atoms with E-state index in [1.165, 1.54) is 0 Å². The summed E-state index contributed by atoms with van der Waals surface area (Å²) in [6, 6.07) is 5.48. The number of fused-ring (bicyclic) bond motifs is 2. The van der Waals surface area contributed by atoms with Gasteiger partial charge in [0.05, 0.1) is 77.0 Å². The molecule has 78 heavy (non-hydrogen) atoms. The first-order chi connectivity index (χ1) is 38.1. The number of anilines is 1. The first-order valence-electron chi connectivity index (χ1n) is 28.5. The van der Waals surface area contributed by atoms with Crippen LogP contribution in [-0.4, -0.2) is 173 Å². The summed E-state index contributed by atoms with van der Waals surface area (Å²) in [6.45, 7) is 5.53. The number of carbonyl (C=O) groups excluding carboxylic acids is 7. The van der Waals surface area contributed by atoms with E-state index >= 15 is 0 Å². The van der Waals surface area contributed by atoms with Gasteiger partial charge in [-0.1, -0.05) is 18.0 Å². The molecule has 5 amide bonds. The van der Waals surface area contributed by atoms with Crippen LogP contribution >= 0.6 is 23.5 Å². The van der Waals surface area contributed by atoms with Crippen LogP contribution < -0.4 is 26.6 Å². The van der Waals surface area contributed by atoms with Crippen LogP contribution in [0.5, 0.6) is 0 Å². The molecule has 4 heterocycles. The van der Waals surface area contributed by atoms with Crippen molar-refractivity contribution in [3.63, 3.8) is 0 Å². The Labute approximate surface area is 468 Å². The molecule has 436 valence electrons. The molecule has 23 heteroatoms. The first-order valence-corrected chi connectivity index (χ1v) is 30.6. The second kappa shape index (κ2) is 39.1. The maximum atomic E-state index is 13.3. The van der Waals surface area contributed by atoms with Crippen LogP contribution in [-0.2, 0) is 42.8 Å². The first kappa shape index (κ1) is 64.5. The van der Waals surface area contributed by atoms with Gasteiger partial charge in [0.2, 0.25) is 5.91 Å². The number of unbranched alkanes of at least 4 members (excludes halogenated alkanes) is 6. The lowest BCUT2D eigenvalue weighted by Gasteiger charge is -2.16. The molecule has 0 spiro atoms. The summed E-state index contributed by atoms with van der Waals surface area (Å²) in [4.78, 5) is 89.5. The molecule has 0 saturated carbocycles. The Morgan fingerprint density at radius 1 is 0.500 bits per heavy atom. The van der Waals surface area contributed by atoms with Crippen LogP contribution in [0.2, 0.25) is 0 Å². The highest BCUT2D eigenvalue weighted by Crippen LogP contribution is 2.34. The monoisotopic (exact) mass is 1130 g/mol. The number of Topliss-reactive ketones (excluding diaryl/α,β-unsaturated/α-hetero) is 4. The molecule has 0 aromatic heterocycles. The Hall–Kier alpha value is -4.32. The fraction of sp³-hybridized carbons (Fsp3) is 0.764. The van der Waals surface area contributed by atoms with Gasteiger partial charge in [-0.3, -0.25) is 24.0 Å². The second-order valence-electron chi connectivity index (χ2n) is 20.2. The number of hydrogen-bond donors (Lipinski definition) is 5. The highest BCUT2D eigenvalue weighted by Gasteiger charge is 2.43. The molecule has 4 aliphatic heterocycles. The molecule has 4 fully saturated rings. The van der Waals surface area contributed by atoms with E-state index in [0.29, 0.717) is 170 Å². The molecule has 0 radical (unpaired) electrons. The van der Waals surface area contributed by atoms with Gasteiger partial charge >= 0.3 is 12.1 Å². The molecule has 5 rings (SSSR count). The highest BCUT2D eigenvalue weighted by molar-refractivity contribution is 8.00. The number of azide groups is 1. The minimum Gasteiger partial charge on any atom is -0.379 e. The minimum atomic E-state index is -0.402. The quantitative estimate of drug-likeness (QED) is 0.0103. The summed E-state index contributed by atoms with van der Waals surface area (Å²) in [5.41, 5.74) is 9.55. The number of urea groups is 2. The van der Waals surface area contributed by atoms with E-state index in [9.17, 15) is 33.6 Å². The Morgan fingerprint density at radius 3 is 1.27 bits per heavy atom. The summed E-state index contributed by atoms with van der Waals surface area (Å²) in [7, 11) is 0. The fourth-order valence-corrected chi connectivity index (χ4v) is 12.8. The lowest BCUT2D eigenvalue weighted by Crippen LogP contribution is -2.36. The number of amides is 5. The van der Waals surface area contributed by atoms with E-state index < -0.39 is 5.91 Å². The molecule has 6 unspecified atom stereocenters. The van der Waals surface area contributed by atoms with E-state index in [-0.39, 0.29) is 73.6 Å². The number of ether oxygens (including phenoxy) is 6. The predicted molar refractivity (Wildman–Crippen MR) is 301 cm³/mol. The minimum absolute atomic E-state index is 0.0204. The zero-order valence-electron chi connectivity index (χ0n) is 45.6. The van der Waals surface area contributed by atoms with Crippen LogP contribution in [0.1, 0.15) is 156 Å². The third-order valence-electron chi connectivity index (χ3n) is 14.0. The number of benzene rings is 1. The van der Waals surface area contributed by atoms with Crippen LogP contribution in [0.4, 0.5) is 15.3 Å². The number of thioether (sulfide) groups is 2. The summed E-state index contributed by atoms with van der Waals surface area (Å²) < 4.78 is 33.9. The molecular formula is C55H86N8O13S2. The van der Waals surface area contributed by atoms with Crippen LogP contribution in [0, 0.1) is 0 Å². The Morgan fingerprint density at radius 2 is 0.872 bits per heavy atom. The molecule has 0 aliphatic carbocycles. The topological polar surface area (TPSA) is 284 Å². The Balaban J connectivity index is 0.810. The summed E-state index contributed by atoms with van der Waals surface area (Å²) >= 11 is 3.81. The molecule has 5 N–H and O–H groups in total. The fourth-order valence-electron chi connectivity index (χ4n) is 9.72. The van der Waals surface area contributed by atoms with Gasteiger partial charge < -0.3 is 55.0 Å². The van der Waals surface area contributed by atoms with Crippen molar-refractivity contribution in [3.8, 4) is 0 Å². The predicted octanol–water partition coefficient (Wildman–Crippen LogP) is 8.06. The molecular weight excluding hydrogens is 1040 g/mol. The van der Waals surface area contributed by atoms with Gasteiger partial charge in [0.1, 0.15) is 11.6 Å². The molecule has 21 nitrogen and oxygen atoms in total. The summed E-state index contributed by atoms with van der Waals surface area (Å²) in [6.07, 6.45) is 14.3. The van der Waals surface area contributed by atoms with Gasteiger partial charge in [-0.05, 0) is 101 Å². The number of nitrogens with zero attached hydrogens (tertiary/aromatic N) is 3. The zero-order chi connectivity index (χ0) is 55.4. The highest BCUT2D eigenvalue weighted by atomic mass is 32.2.